The van der Waals surface area contributed by atoms with Gasteiger partial charge in [0.1, 0.15) is 0 Å². The zero-order valence-corrected chi connectivity index (χ0v) is 46.4. The summed E-state index contributed by atoms with van der Waals surface area (Å²) in [5.41, 5.74) is 22.0. The van der Waals surface area contributed by atoms with Gasteiger partial charge in [0.15, 0.2) is 11.6 Å². The molecule has 20 nitrogen and oxygen atoms in total. The Morgan fingerprint density at radius 2 is 1.49 bits per heavy atom. The Labute approximate surface area is 435 Å². The van der Waals surface area contributed by atoms with Crippen LogP contribution in [-0.2, 0) is 51.1 Å². The molecule has 412 valence electrons. The van der Waals surface area contributed by atoms with Crippen LogP contribution in [0.1, 0.15) is 118 Å². The maximum atomic E-state index is 14.4. The van der Waals surface area contributed by atoms with Crippen molar-refractivity contribution in [2.24, 2.45) is 52.1 Å². The normalized spacial score (nSPS) is 17.9. The predicted octanol–water partition coefficient (Wildman–Crippen LogP) is 4.79. The summed E-state index contributed by atoms with van der Waals surface area (Å²) >= 11 is 0. The van der Waals surface area contributed by atoms with E-state index in [1.54, 1.807) is 43.0 Å². The van der Waals surface area contributed by atoms with Gasteiger partial charge in [-0.1, -0.05) is 98.1 Å². The fraction of sp³-hybridized carbons (Fsp3) is 0.755. The second-order valence-corrected chi connectivity index (χ2v) is 21.3. The van der Waals surface area contributed by atoms with Crippen molar-refractivity contribution in [2.45, 2.75) is 169 Å². The van der Waals surface area contributed by atoms with Crippen LogP contribution in [-0.4, -0.2) is 159 Å². The molecular formula is C53H91N11O9. The number of benzene rings is 1. The van der Waals surface area contributed by atoms with Crippen LogP contribution in [0, 0.1) is 35.5 Å². The Morgan fingerprint density at radius 1 is 0.863 bits per heavy atom. The van der Waals surface area contributed by atoms with Crippen LogP contribution >= 0.6 is 0 Å². The number of methoxy groups -OCH3 is 2. The van der Waals surface area contributed by atoms with E-state index in [1.165, 1.54) is 7.11 Å². The number of rotatable bonds is 33. The number of amides is 6. The second kappa shape index (κ2) is 31.6. The molecule has 0 aliphatic carbocycles. The predicted molar refractivity (Wildman–Crippen MR) is 283 cm³/mol. The van der Waals surface area contributed by atoms with Gasteiger partial charge < -0.3 is 46.7 Å². The molecule has 0 radical (unpaired) electrons. The summed E-state index contributed by atoms with van der Waals surface area (Å²) in [7, 11) is 8.58. The van der Waals surface area contributed by atoms with Crippen LogP contribution in [0.15, 0.2) is 29.4 Å². The molecule has 6 amide bonds. The average Bonchev–Trinajstić information content (AvgIpc) is 3.82. The average molecular weight is 1030 g/mol. The van der Waals surface area contributed by atoms with Gasteiger partial charge in [0, 0.05) is 70.6 Å². The minimum Gasteiger partial charge on any atom is -0.379 e. The summed E-state index contributed by atoms with van der Waals surface area (Å²) in [4.78, 5) is 102. The third-order valence-corrected chi connectivity index (χ3v) is 14.6. The number of carbonyl (C=O) groups excluding carboxylic acids is 7. The molecule has 0 unspecified atom stereocenters. The Bertz CT molecular complexity index is 1990. The number of likely N-dealkylation sites (tertiary alicyclic amines) is 1. The smallest absolute Gasteiger partial charge is 0.312 e. The standard InChI is InChI=1S/C53H91N11O9/c1-15-34(8)48(63(12)52(70)39(31(2)3)28-43(66)47(33(6)7)62(10)11)44(72-13)29-45(67)64-25-17-19-41(64)49(73-14)35(9)50(68)59-38(30-58-61-56)26-36-20-22-37(23-21-36)27-42(65)40(18-16-24-57-53(55)71)60-51(69)46(54)32(4)5/h20-23,31-35,38-41,44,46-49H,15-19,24-30,54H2,1-14H3,(H,59,68)(H,60,69)(H3,55,57,71)/t34-,35+,38-,39-,40-,41-,44+,46-,47-,48-,49+/m0/s1. The summed E-state index contributed by atoms with van der Waals surface area (Å²) in [6, 6.07) is 3.08. The van der Waals surface area contributed by atoms with Crippen molar-refractivity contribution >= 4 is 41.2 Å². The number of nitrogens with one attached hydrogen (secondary N) is 3. The van der Waals surface area contributed by atoms with Crippen molar-refractivity contribution in [1.29, 1.82) is 0 Å². The largest absolute Gasteiger partial charge is 0.379 e. The van der Waals surface area contributed by atoms with Crippen molar-refractivity contribution in [3.8, 4) is 0 Å². The number of Topliss-reactive ketones (excluding diaryl/α,β-unsaturated/α-hetero) is 2. The first-order valence-corrected chi connectivity index (χ1v) is 26.2. The summed E-state index contributed by atoms with van der Waals surface area (Å²) < 4.78 is 12.1. The summed E-state index contributed by atoms with van der Waals surface area (Å²) in [5.74, 6) is -2.85. The zero-order chi connectivity index (χ0) is 55.3. The van der Waals surface area contributed by atoms with E-state index in [0.29, 0.717) is 44.2 Å². The molecule has 0 bridgehead atoms. The minimum absolute atomic E-state index is 0.0145. The highest BCUT2D eigenvalue weighted by atomic mass is 16.5. The van der Waals surface area contributed by atoms with Gasteiger partial charge in [0.25, 0.3) is 0 Å². The molecule has 0 aromatic heterocycles. The molecule has 2 rings (SSSR count). The molecule has 11 atom stereocenters. The van der Waals surface area contributed by atoms with Gasteiger partial charge in [-0.3, -0.25) is 33.7 Å². The first-order valence-electron chi connectivity index (χ1n) is 26.2. The van der Waals surface area contributed by atoms with E-state index < -0.39 is 66.2 Å². The van der Waals surface area contributed by atoms with Crippen LogP contribution in [0.25, 0.3) is 10.4 Å². The first-order chi connectivity index (χ1) is 34.3. The summed E-state index contributed by atoms with van der Waals surface area (Å²) in [6.07, 6.45) is 1.73. The maximum Gasteiger partial charge on any atom is 0.312 e. The zero-order valence-electron chi connectivity index (χ0n) is 46.4. The number of urea groups is 1. The van der Waals surface area contributed by atoms with Gasteiger partial charge in [-0.2, -0.15) is 0 Å². The number of primary amides is 1. The van der Waals surface area contributed by atoms with E-state index in [9.17, 15) is 39.1 Å². The lowest BCUT2D eigenvalue weighted by Crippen LogP contribution is -2.54. The summed E-state index contributed by atoms with van der Waals surface area (Å²) in [6.45, 7) is 18.0. The van der Waals surface area contributed by atoms with Crippen LogP contribution in [0.5, 0.6) is 0 Å². The molecule has 20 heteroatoms. The highest BCUT2D eigenvalue weighted by molar-refractivity contribution is 5.92. The van der Waals surface area contributed by atoms with Crippen molar-refractivity contribution in [3.63, 3.8) is 0 Å². The van der Waals surface area contributed by atoms with E-state index in [4.69, 9.17) is 20.9 Å². The highest BCUT2D eigenvalue weighted by Gasteiger charge is 2.43. The first kappa shape index (κ1) is 64.0. The van der Waals surface area contributed by atoms with E-state index in [1.807, 2.05) is 86.5 Å². The van der Waals surface area contributed by atoms with Gasteiger partial charge in [0.2, 0.25) is 23.6 Å². The number of ether oxygens (including phenoxy) is 2. The molecule has 1 aromatic carbocycles. The molecule has 0 saturated carbocycles. The third-order valence-electron chi connectivity index (χ3n) is 14.6. The number of nitrogens with zero attached hydrogens (tertiary/aromatic N) is 6. The maximum absolute atomic E-state index is 14.4. The number of ketones is 2. The lowest BCUT2D eigenvalue weighted by atomic mass is 9.83. The molecule has 1 fully saturated rings. The molecule has 1 aromatic rings. The van der Waals surface area contributed by atoms with Crippen molar-refractivity contribution in [2.75, 3.05) is 55.0 Å². The van der Waals surface area contributed by atoms with E-state index in [0.717, 1.165) is 5.56 Å². The highest BCUT2D eigenvalue weighted by Crippen LogP contribution is 2.31. The van der Waals surface area contributed by atoms with E-state index >= 15 is 0 Å². The van der Waals surface area contributed by atoms with E-state index in [2.05, 4.69) is 26.0 Å². The lowest BCUT2D eigenvalue weighted by Gasteiger charge is -2.41. The summed E-state index contributed by atoms with van der Waals surface area (Å²) in [5, 5.41) is 12.1. The van der Waals surface area contributed by atoms with Crippen molar-refractivity contribution in [3.05, 3.63) is 45.8 Å². The fourth-order valence-corrected chi connectivity index (χ4v) is 10.2. The molecule has 0 spiro atoms. The molecular weight excluding hydrogens is 935 g/mol. The van der Waals surface area contributed by atoms with Gasteiger partial charge in [-0.05, 0) is 86.5 Å². The van der Waals surface area contributed by atoms with Gasteiger partial charge in [-0.15, -0.1) is 0 Å². The number of carbonyl (C=O) groups is 7. The van der Waals surface area contributed by atoms with Gasteiger partial charge in [0.05, 0.1) is 54.8 Å². The molecule has 7 N–H and O–H groups in total. The SMILES string of the molecule is CC[C@H](C)[C@@H]([C@@H](CC(=O)N1CCC[C@H]1[C@H](OC)[C@@H](C)C(=O)N[C@H](CN=[N+]=[N-])Cc1ccc(CC(=O)[C@H](CCCNC(N)=O)NC(=O)[C@@H](N)C(C)C)cc1)OC)N(C)C(=O)[C@@H](CC(=O)[C@H](C(C)C)N(C)C)C(C)C. The molecule has 73 heavy (non-hydrogen) atoms. The number of nitrogens with two attached hydrogens (primary N) is 2. The van der Waals surface area contributed by atoms with Crippen LogP contribution in [0.3, 0.4) is 0 Å². The number of hydrogen-bond donors (Lipinski definition) is 5. The Morgan fingerprint density at radius 3 is 2.01 bits per heavy atom. The van der Waals surface area contributed by atoms with Crippen LogP contribution in [0.2, 0.25) is 0 Å². The Balaban J connectivity index is 2.25. The monoisotopic (exact) mass is 1030 g/mol. The second-order valence-electron chi connectivity index (χ2n) is 21.3. The molecule has 1 aliphatic rings. The number of likely N-dealkylation sites (N-methyl/N-ethyl adjacent to an activating group) is 2. The Hall–Kier alpha value is -5.14. The van der Waals surface area contributed by atoms with Gasteiger partial charge >= 0.3 is 6.03 Å². The van der Waals surface area contributed by atoms with E-state index in [-0.39, 0.29) is 97.8 Å². The van der Waals surface area contributed by atoms with Crippen molar-refractivity contribution < 1.29 is 43.0 Å². The minimum atomic E-state index is -0.838. The van der Waals surface area contributed by atoms with Crippen LogP contribution in [0.4, 0.5) is 4.79 Å². The number of hydrogen-bond acceptors (Lipinski definition) is 12. The topological polar surface area (TPSA) is 285 Å². The quantitative estimate of drug-likeness (QED) is 0.0276. The third kappa shape index (κ3) is 19.6. The van der Waals surface area contributed by atoms with Crippen molar-refractivity contribution in [1.82, 2.24) is 30.7 Å². The van der Waals surface area contributed by atoms with Crippen LogP contribution < -0.4 is 27.4 Å². The lowest BCUT2D eigenvalue weighted by molar-refractivity contribution is -0.149. The molecule has 1 saturated heterocycles. The van der Waals surface area contributed by atoms with Gasteiger partial charge in [-0.25, -0.2) is 4.79 Å². The molecule has 1 aliphatic heterocycles. The number of azide groups is 1. The fourth-order valence-electron chi connectivity index (χ4n) is 10.2. The Kier molecular flexibility index (Phi) is 27.7. The molecule has 1 heterocycles.